The van der Waals surface area contributed by atoms with Gasteiger partial charge < -0.3 is 10.5 Å². The number of fused-ring (bicyclic) bond motifs is 1. The lowest BCUT2D eigenvalue weighted by Gasteiger charge is -2.30. The normalized spacial score (nSPS) is 21.0. The molecule has 0 bridgehead atoms. The fourth-order valence-corrected chi connectivity index (χ4v) is 2.35. The minimum Gasteiger partial charge on any atom is -0.493 e. The number of alkyl halides is 3. The van der Waals surface area contributed by atoms with Crippen LogP contribution in [0.4, 0.5) is 13.2 Å². The molecule has 0 aromatic heterocycles. The van der Waals surface area contributed by atoms with Gasteiger partial charge in [-0.2, -0.15) is 13.2 Å². The minimum atomic E-state index is -4.14. The van der Waals surface area contributed by atoms with Crippen molar-refractivity contribution in [3.63, 3.8) is 0 Å². The molecule has 2 N–H and O–H groups in total. The molecule has 1 aromatic carbocycles. The predicted molar refractivity (Wildman–Crippen MR) is 62.6 cm³/mol. The number of hydrogen-bond donors (Lipinski definition) is 1. The van der Waals surface area contributed by atoms with Gasteiger partial charge in [0.15, 0.2) is 0 Å². The van der Waals surface area contributed by atoms with Gasteiger partial charge in [-0.3, -0.25) is 0 Å². The van der Waals surface area contributed by atoms with Crippen molar-refractivity contribution in [1.29, 1.82) is 0 Å². The van der Waals surface area contributed by atoms with Crippen molar-refractivity contribution in [3.05, 3.63) is 29.8 Å². The summed E-state index contributed by atoms with van der Waals surface area (Å²) >= 11 is 0. The fourth-order valence-electron chi connectivity index (χ4n) is 2.35. The van der Waals surface area contributed by atoms with Crippen LogP contribution < -0.4 is 10.5 Å². The van der Waals surface area contributed by atoms with Crippen molar-refractivity contribution in [1.82, 2.24) is 0 Å². The van der Waals surface area contributed by atoms with Crippen molar-refractivity contribution in [2.75, 3.05) is 6.61 Å². The Morgan fingerprint density at radius 2 is 2.06 bits per heavy atom. The molecule has 0 fully saturated rings. The standard InChI is InChI=1S/C13H16F3NO/c14-13(15,16)7-5-11(17)9-6-8-18-12-4-2-1-3-10(9)12/h1-4,9,11H,5-8,17H2. The zero-order valence-electron chi connectivity index (χ0n) is 9.91. The molecule has 1 heterocycles. The third kappa shape index (κ3) is 3.16. The van der Waals surface area contributed by atoms with E-state index in [-0.39, 0.29) is 12.3 Å². The average Bonchev–Trinajstić information content (AvgIpc) is 2.34. The molecule has 1 aliphatic rings. The lowest BCUT2D eigenvalue weighted by atomic mass is 9.85. The summed E-state index contributed by atoms with van der Waals surface area (Å²) in [4.78, 5) is 0. The molecule has 2 unspecified atom stereocenters. The summed E-state index contributed by atoms with van der Waals surface area (Å²) < 4.78 is 42.1. The second-order valence-electron chi connectivity index (χ2n) is 4.60. The van der Waals surface area contributed by atoms with Crippen LogP contribution in [0.5, 0.6) is 5.75 Å². The number of nitrogens with two attached hydrogens (primary N) is 1. The van der Waals surface area contributed by atoms with Gasteiger partial charge in [-0.25, -0.2) is 0 Å². The maximum Gasteiger partial charge on any atom is 0.389 e. The van der Waals surface area contributed by atoms with Crippen LogP contribution in [0.1, 0.15) is 30.7 Å². The van der Waals surface area contributed by atoms with E-state index in [1.165, 1.54) is 0 Å². The molecule has 5 heteroatoms. The molecule has 0 spiro atoms. The molecule has 0 aliphatic carbocycles. The zero-order chi connectivity index (χ0) is 13.2. The van der Waals surface area contributed by atoms with E-state index in [4.69, 9.17) is 10.5 Å². The Morgan fingerprint density at radius 3 is 2.78 bits per heavy atom. The van der Waals surface area contributed by atoms with Gasteiger partial charge in [-0.15, -0.1) is 0 Å². The number of para-hydroxylation sites is 1. The molecule has 2 atom stereocenters. The molecule has 1 aromatic rings. The van der Waals surface area contributed by atoms with Gasteiger partial charge in [0.1, 0.15) is 5.75 Å². The highest BCUT2D eigenvalue weighted by Crippen LogP contribution is 2.36. The molecule has 0 saturated carbocycles. The van der Waals surface area contributed by atoms with Crippen molar-refractivity contribution in [2.45, 2.75) is 37.4 Å². The third-order valence-electron chi connectivity index (χ3n) is 3.28. The molecule has 2 nitrogen and oxygen atoms in total. The maximum atomic E-state index is 12.2. The molecule has 0 radical (unpaired) electrons. The van der Waals surface area contributed by atoms with Gasteiger partial charge >= 0.3 is 6.18 Å². The van der Waals surface area contributed by atoms with E-state index in [0.29, 0.717) is 13.0 Å². The van der Waals surface area contributed by atoms with Crippen LogP contribution in [-0.4, -0.2) is 18.8 Å². The topological polar surface area (TPSA) is 35.2 Å². The fraction of sp³-hybridized carbons (Fsp3) is 0.538. The van der Waals surface area contributed by atoms with Gasteiger partial charge in [-0.05, 0) is 24.5 Å². The van der Waals surface area contributed by atoms with Crippen molar-refractivity contribution in [2.24, 2.45) is 5.73 Å². The molecular formula is C13H16F3NO. The molecular weight excluding hydrogens is 243 g/mol. The van der Waals surface area contributed by atoms with Gasteiger partial charge in [-0.1, -0.05) is 18.2 Å². The molecule has 18 heavy (non-hydrogen) atoms. The number of benzene rings is 1. The second-order valence-corrected chi connectivity index (χ2v) is 4.60. The van der Waals surface area contributed by atoms with E-state index >= 15 is 0 Å². The van der Waals surface area contributed by atoms with Crippen LogP contribution >= 0.6 is 0 Å². The first-order valence-electron chi connectivity index (χ1n) is 6.01. The predicted octanol–water partition coefficient (Wildman–Crippen LogP) is 3.22. The van der Waals surface area contributed by atoms with Crippen LogP contribution in [0, 0.1) is 0 Å². The lowest BCUT2D eigenvalue weighted by molar-refractivity contribution is -0.136. The lowest BCUT2D eigenvalue weighted by Crippen LogP contribution is -2.33. The number of halogens is 3. The highest BCUT2D eigenvalue weighted by Gasteiger charge is 2.32. The van der Waals surface area contributed by atoms with Crippen LogP contribution in [0.25, 0.3) is 0 Å². The van der Waals surface area contributed by atoms with Crippen molar-refractivity contribution in [3.8, 4) is 5.75 Å². The van der Waals surface area contributed by atoms with Gasteiger partial charge in [0.05, 0.1) is 6.61 Å². The second kappa shape index (κ2) is 5.18. The summed E-state index contributed by atoms with van der Waals surface area (Å²) in [5, 5.41) is 0. The SMILES string of the molecule is NC(CCC(F)(F)F)C1CCOc2ccccc21. The minimum absolute atomic E-state index is 0.0392. The van der Waals surface area contributed by atoms with Gasteiger partial charge in [0.2, 0.25) is 0 Å². The van der Waals surface area contributed by atoms with Crippen molar-refractivity contribution >= 4 is 0 Å². The summed E-state index contributed by atoms with van der Waals surface area (Å²) in [5.41, 5.74) is 6.84. The van der Waals surface area contributed by atoms with Crippen LogP contribution in [0.15, 0.2) is 24.3 Å². The third-order valence-corrected chi connectivity index (χ3v) is 3.28. The maximum absolute atomic E-state index is 12.2. The van der Waals surface area contributed by atoms with E-state index in [9.17, 15) is 13.2 Å². The largest absolute Gasteiger partial charge is 0.493 e. The van der Waals surface area contributed by atoms with Crippen LogP contribution in [0.3, 0.4) is 0 Å². The quantitative estimate of drug-likeness (QED) is 0.904. The average molecular weight is 259 g/mol. The van der Waals surface area contributed by atoms with E-state index in [1.807, 2.05) is 24.3 Å². The Kier molecular flexibility index (Phi) is 3.80. The highest BCUT2D eigenvalue weighted by atomic mass is 19.4. The first kappa shape index (κ1) is 13.2. The Balaban J connectivity index is 2.06. The smallest absolute Gasteiger partial charge is 0.389 e. The Labute approximate surface area is 104 Å². The van der Waals surface area contributed by atoms with E-state index < -0.39 is 18.6 Å². The van der Waals surface area contributed by atoms with Crippen LogP contribution in [0.2, 0.25) is 0 Å². The molecule has 100 valence electrons. The number of hydrogen-bond acceptors (Lipinski definition) is 2. The summed E-state index contributed by atoms with van der Waals surface area (Å²) in [6.45, 7) is 0.515. The molecule has 0 amide bonds. The van der Waals surface area contributed by atoms with Crippen molar-refractivity contribution < 1.29 is 17.9 Å². The van der Waals surface area contributed by atoms with Gasteiger partial charge in [0.25, 0.3) is 0 Å². The summed E-state index contributed by atoms with van der Waals surface area (Å²) in [5.74, 6) is 0.702. The Bertz CT molecular complexity index is 405. The van der Waals surface area contributed by atoms with Gasteiger partial charge in [0, 0.05) is 18.4 Å². The number of ether oxygens (including phenoxy) is 1. The van der Waals surface area contributed by atoms with E-state index in [2.05, 4.69) is 0 Å². The Morgan fingerprint density at radius 1 is 1.33 bits per heavy atom. The van der Waals surface area contributed by atoms with E-state index in [1.54, 1.807) is 0 Å². The zero-order valence-corrected chi connectivity index (χ0v) is 9.91. The molecule has 2 rings (SSSR count). The summed E-state index contributed by atoms with van der Waals surface area (Å²) in [6.07, 6.45) is -4.32. The Hall–Kier alpha value is -1.23. The summed E-state index contributed by atoms with van der Waals surface area (Å²) in [6, 6.07) is 6.95. The number of rotatable bonds is 3. The first-order chi connectivity index (χ1) is 8.47. The monoisotopic (exact) mass is 259 g/mol. The molecule has 1 aliphatic heterocycles. The molecule has 0 saturated heterocycles. The first-order valence-corrected chi connectivity index (χ1v) is 6.01. The van der Waals surface area contributed by atoms with Crippen LogP contribution in [-0.2, 0) is 0 Å². The highest BCUT2D eigenvalue weighted by molar-refractivity contribution is 5.38. The summed E-state index contributed by atoms with van der Waals surface area (Å²) in [7, 11) is 0. The van der Waals surface area contributed by atoms with E-state index in [0.717, 1.165) is 11.3 Å².